The number of benzene rings is 2. The van der Waals surface area contributed by atoms with E-state index in [4.69, 9.17) is 4.74 Å². The second-order valence-electron chi connectivity index (χ2n) is 10.3. The number of hydrogen-bond acceptors (Lipinski definition) is 2. The smallest absolute Gasteiger partial charge is 0.422 e. The minimum absolute atomic E-state index is 0.0977. The van der Waals surface area contributed by atoms with Gasteiger partial charge in [-0.05, 0) is 87.7 Å². The van der Waals surface area contributed by atoms with Gasteiger partial charge in [-0.1, -0.05) is 6.07 Å². The van der Waals surface area contributed by atoms with Gasteiger partial charge in [0.05, 0.1) is 12.5 Å². The van der Waals surface area contributed by atoms with E-state index in [-0.39, 0.29) is 42.6 Å². The third-order valence-electron chi connectivity index (χ3n) is 7.96. The molecular formula is C28H30F8O2. The zero-order chi connectivity index (χ0) is 27.7. The summed E-state index contributed by atoms with van der Waals surface area (Å²) >= 11 is 0. The lowest BCUT2D eigenvalue weighted by atomic mass is 9.68. The summed E-state index contributed by atoms with van der Waals surface area (Å²) in [5.74, 6) is -5.34. The summed E-state index contributed by atoms with van der Waals surface area (Å²) in [5, 5.41) is 0. The van der Waals surface area contributed by atoms with Crippen LogP contribution in [0.25, 0.3) is 0 Å². The Morgan fingerprint density at radius 3 is 1.74 bits per heavy atom. The number of hydrogen-bond donors (Lipinski definition) is 0. The maximum atomic E-state index is 14.8. The molecule has 2 aliphatic carbocycles. The van der Waals surface area contributed by atoms with Crippen LogP contribution in [0, 0.1) is 35.2 Å². The number of alkyl halides is 5. The van der Waals surface area contributed by atoms with Gasteiger partial charge in [0.1, 0.15) is 34.5 Å². The summed E-state index contributed by atoms with van der Waals surface area (Å²) in [5.41, 5.74) is -1.47. The molecule has 0 bridgehead atoms. The van der Waals surface area contributed by atoms with E-state index < -0.39 is 41.2 Å². The molecule has 2 fully saturated rings. The summed E-state index contributed by atoms with van der Waals surface area (Å²) in [6.07, 6.45) is -4.46. The predicted molar refractivity (Wildman–Crippen MR) is 125 cm³/mol. The highest BCUT2D eigenvalue weighted by molar-refractivity contribution is 5.33. The zero-order valence-electron chi connectivity index (χ0n) is 20.9. The standard InChI is InChI=1S/C28H30F8O2/c1-2-37-20-11-12-22(23(29)13-20)18-5-3-16(4-6-18)17-7-9-19(10-8-17)28(35,36)38-21-14-24(30)26(25(31)15-21)27(32,33)34/h11-19H,2-10H2,1H3. The van der Waals surface area contributed by atoms with Crippen LogP contribution in [0.1, 0.15) is 75.3 Å². The molecule has 2 aromatic carbocycles. The molecule has 0 aliphatic heterocycles. The highest BCUT2D eigenvalue weighted by atomic mass is 19.4. The summed E-state index contributed by atoms with van der Waals surface area (Å²) in [4.78, 5) is 0. The van der Waals surface area contributed by atoms with Gasteiger partial charge in [-0.2, -0.15) is 22.0 Å². The summed E-state index contributed by atoms with van der Waals surface area (Å²) < 4.78 is 120. The minimum Gasteiger partial charge on any atom is -0.494 e. The molecule has 2 aliphatic rings. The first kappa shape index (κ1) is 28.5. The van der Waals surface area contributed by atoms with Crippen LogP contribution in [0.15, 0.2) is 30.3 Å². The Morgan fingerprint density at radius 2 is 1.24 bits per heavy atom. The number of rotatable bonds is 7. The van der Waals surface area contributed by atoms with E-state index in [2.05, 4.69) is 4.74 Å². The third kappa shape index (κ3) is 6.37. The van der Waals surface area contributed by atoms with E-state index >= 15 is 0 Å². The second-order valence-corrected chi connectivity index (χ2v) is 10.3. The highest BCUT2D eigenvalue weighted by Crippen LogP contribution is 2.47. The zero-order valence-corrected chi connectivity index (χ0v) is 20.9. The Balaban J connectivity index is 1.30. The van der Waals surface area contributed by atoms with E-state index in [9.17, 15) is 35.1 Å². The molecule has 4 rings (SSSR count). The molecule has 0 spiro atoms. The topological polar surface area (TPSA) is 18.5 Å². The van der Waals surface area contributed by atoms with Crippen molar-refractivity contribution in [3.05, 3.63) is 58.9 Å². The van der Waals surface area contributed by atoms with Gasteiger partial charge < -0.3 is 9.47 Å². The SMILES string of the molecule is CCOc1ccc(C2CCC(C3CCC(C(F)(F)Oc4cc(F)c(C(F)(F)F)c(F)c4)CC3)CC2)c(F)c1. The van der Waals surface area contributed by atoms with E-state index in [1.54, 1.807) is 12.1 Å². The summed E-state index contributed by atoms with van der Waals surface area (Å²) in [6.45, 7) is 2.28. The second kappa shape index (κ2) is 11.3. The molecule has 0 atom stereocenters. The molecule has 210 valence electrons. The molecule has 2 nitrogen and oxygen atoms in total. The van der Waals surface area contributed by atoms with Gasteiger partial charge in [0.2, 0.25) is 0 Å². The molecule has 0 saturated heterocycles. The fourth-order valence-corrected chi connectivity index (χ4v) is 6.04. The molecule has 0 aromatic heterocycles. The summed E-state index contributed by atoms with van der Waals surface area (Å²) in [6, 6.07) is 5.22. The number of ether oxygens (including phenoxy) is 2. The van der Waals surface area contributed by atoms with Crippen LogP contribution < -0.4 is 9.47 Å². The lowest BCUT2D eigenvalue weighted by Crippen LogP contribution is -2.38. The van der Waals surface area contributed by atoms with Crippen LogP contribution in [0.2, 0.25) is 0 Å². The first-order chi connectivity index (χ1) is 17.9. The molecule has 38 heavy (non-hydrogen) atoms. The molecule has 0 heterocycles. The van der Waals surface area contributed by atoms with E-state index in [1.807, 2.05) is 6.92 Å². The summed E-state index contributed by atoms with van der Waals surface area (Å²) in [7, 11) is 0. The van der Waals surface area contributed by atoms with Gasteiger partial charge in [-0.25, -0.2) is 13.2 Å². The first-order valence-corrected chi connectivity index (χ1v) is 12.9. The maximum absolute atomic E-state index is 14.8. The molecule has 2 aromatic rings. The third-order valence-corrected chi connectivity index (χ3v) is 7.96. The van der Waals surface area contributed by atoms with Crippen molar-refractivity contribution in [1.82, 2.24) is 0 Å². The molecule has 2 saturated carbocycles. The Bertz CT molecular complexity index is 1080. The van der Waals surface area contributed by atoms with Crippen molar-refractivity contribution in [1.29, 1.82) is 0 Å². The molecule has 0 amide bonds. The Hall–Kier alpha value is -2.52. The van der Waals surface area contributed by atoms with Gasteiger partial charge in [0.25, 0.3) is 0 Å². The molecule has 10 heteroatoms. The lowest BCUT2D eigenvalue weighted by molar-refractivity contribution is -0.224. The molecule has 0 N–H and O–H groups in total. The largest absolute Gasteiger partial charge is 0.494 e. The Morgan fingerprint density at radius 1 is 0.711 bits per heavy atom. The van der Waals surface area contributed by atoms with Crippen LogP contribution in [0.5, 0.6) is 11.5 Å². The van der Waals surface area contributed by atoms with Gasteiger partial charge in [-0.15, -0.1) is 0 Å². The predicted octanol–water partition coefficient (Wildman–Crippen LogP) is 9.27. The molecule has 0 unspecified atom stereocenters. The van der Waals surface area contributed by atoms with Crippen molar-refractivity contribution in [3.63, 3.8) is 0 Å². The van der Waals surface area contributed by atoms with Crippen LogP contribution >= 0.6 is 0 Å². The molecular weight excluding hydrogens is 520 g/mol. The van der Waals surface area contributed by atoms with Crippen molar-refractivity contribution in [2.75, 3.05) is 6.61 Å². The van der Waals surface area contributed by atoms with Gasteiger partial charge in [0, 0.05) is 18.2 Å². The monoisotopic (exact) mass is 550 g/mol. The lowest BCUT2D eigenvalue weighted by Gasteiger charge is -2.39. The van der Waals surface area contributed by atoms with Crippen molar-refractivity contribution < 1.29 is 44.6 Å². The maximum Gasteiger partial charge on any atom is 0.422 e. The van der Waals surface area contributed by atoms with Crippen molar-refractivity contribution in [2.45, 2.75) is 76.5 Å². The highest BCUT2D eigenvalue weighted by Gasteiger charge is 2.46. The number of halogens is 8. The fraction of sp³-hybridized carbons (Fsp3) is 0.571. The van der Waals surface area contributed by atoms with Crippen LogP contribution in [-0.2, 0) is 6.18 Å². The van der Waals surface area contributed by atoms with Crippen molar-refractivity contribution >= 4 is 0 Å². The van der Waals surface area contributed by atoms with Gasteiger partial charge in [0.15, 0.2) is 0 Å². The average molecular weight is 551 g/mol. The molecule has 0 radical (unpaired) electrons. The average Bonchev–Trinajstić information content (AvgIpc) is 2.83. The van der Waals surface area contributed by atoms with Gasteiger partial charge in [-0.3, -0.25) is 0 Å². The van der Waals surface area contributed by atoms with Gasteiger partial charge >= 0.3 is 12.3 Å². The Labute approximate surface area is 216 Å². The first-order valence-electron chi connectivity index (χ1n) is 12.9. The van der Waals surface area contributed by atoms with Crippen molar-refractivity contribution in [2.24, 2.45) is 17.8 Å². The quantitative estimate of drug-likeness (QED) is 0.320. The van der Waals surface area contributed by atoms with Crippen molar-refractivity contribution in [3.8, 4) is 11.5 Å². The van der Waals surface area contributed by atoms with Crippen LogP contribution in [0.4, 0.5) is 35.1 Å². The van der Waals surface area contributed by atoms with Crippen LogP contribution in [-0.4, -0.2) is 12.7 Å². The fourth-order valence-electron chi connectivity index (χ4n) is 6.04. The normalized spacial score (nSPS) is 24.8. The van der Waals surface area contributed by atoms with Crippen LogP contribution in [0.3, 0.4) is 0 Å². The van der Waals surface area contributed by atoms with E-state index in [0.29, 0.717) is 36.7 Å². The van der Waals surface area contributed by atoms with E-state index in [1.165, 1.54) is 6.07 Å². The Kier molecular flexibility index (Phi) is 8.47. The minimum atomic E-state index is -5.30. The van der Waals surface area contributed by atoms with E-state index in [0.717, 1.165) is 25.7 Å².